The molecule has 0 amide bonds. The molecule has 2 heterocycles. The minimum Gasteiger partial charge on any atom is -0.414 e. The number of anilines is 2. The summed E-state index contributed by atoms with van der Waals surface area (Å²) in [5, 5.41) is 26.7. The maximum Gasteiger partial charge on any atom is 0.446 e. The zero-order valence-electron chi connectivity index (χ0n) is 15.5. The normalized spacial score (nSPS) is 10.8. The molecule has 0 aliphatic rings. The molecule has 2 N–H and O–H groups in total. The van der Waals surface area contributed by atoms with Crippen LogP contribution in [0.4, 0.5) is 23.0 Å². The number of hydrogen-bond acceptors (Lipinski definition) is 8. The second-order valence-corrected chi connectivity index (χ2v) is 7.73. The highest BCUT2D eigenvalue weighted by molar-refractivity contribution is 7.62. The molecular formula is C17H15N6O6P. The fourth-order valence-electron chi connectivity index (χ4n) is 2.24. The summed E-state index contributed by atoms with van der Waals surface area (Å²) < 4.78 is 19.1. The van der Waals surface area contributed by atoms with E-state index in [1.807, 2.05) is 6.92 Å². The standard InChI is InChI=1S/C17H15N6O6P/c1-12-2-6-15(7-3-12)29-30(28,20-16-8-4-13(10-18-16)22(24)25)21-17-9-5-14(11-19-17)23(26)27/h2-11H,1H3,(H2,18,19,20,21,28). The van der Waals surface area contributed by atoms with Gasteiger partial charge in [-0.2, -0.15) is 0 Å². The van der Waals surface area contributed by atoms with Crippen molar-refractivity contribution < 1.29 is 18.9 Å². The van der Waals surface area contributed by atoms with Crippen LogP contribution in [0.15, 0.2) is 60.9 Å². The van der Waals surface area contributed by atoms with Gasteiger partial charge >= 0.3 is 7.67 Å². The molecule has 1 aromatic carbocycles. The van der Waals surface area contributed by atoms with Gasteiger partial charge in [0.25, 0.3) is 11.4 Å². The highest BCUT2D eigenvalue weighted by Crippen LogP contribution is 2.46. The van der Waals surface area contributed by atoms with E-state index >= 15 is 0 Å². The molecule has 0 fully saturated rings. The van der Waals surface area contributed by atoms with Crippen LogP contribution in [-0.2, 0) is 4.57 Å². The van der Waals surface area contributed by atoms with Gasteiger partial charge in [0.15, 0.2) is 0 Å². The van der Waals surface area contributed by atoms with E-state index in [1.54, 1.807) is 24.3 Å². The van der Waals surface area contributed by atoms with Crippen LogP contribution in [0.3, 0.4) is 0 Å². The summed E-state index contributed by atoms with van der Waals surface area (Å²) in [7, 11) is -3.94. The Hall–Kier alpha value is -4.05. The molecule has 30 heavy (non-hydrogen) atoms. The van der Waals surface area contributed by atoms with Crippen molar-refractivity contribution in [2.75, 3.05) is 10.2 Å². The molecular weight excluding hydrogens is 415 g/mol. The Morgan fingerprint density at radius 2 is 1.30 bits per heavy atom. The molecule has 12 nitrogen and oxygen atoms in total. The third-order valence-electron chi connectivity index (χ3n) is 3.70. The van der Waals surface area contributed by atoms with E-state index in [2.05, 4.69) is 20.1 Å². The number of benzene rings is 1. The first-order valence-electron chi connectivity index (χ1n) is 8.38. The number of aryl methyl sites for hydroxylation is 1. The van der Waals surface area contributed by atoms with Crippen LogP contribution in [0.1, 0.15) is 5.56 Å². The van der Waals surface area contributed by atoms with Crippen LogP contribution >= 0.6 is 7.67 Å². The van der Waals surface area contributed by atoms with Gasteiger partial charge in [-0.15, -0.1) is 0 Å². The number of aromatic nitrogens is 2. The lowest BCUT2D eigenvalue weighted by atomic mass is 10.2. The molecule has 0 saturated carbocycles. The van der Waals surface area contributed by atoms with E-state index in [1.165, 1.54) is 24.3 Å². The van der Waals surface area contributed by atoms with Crippen molar-refractivity contribution in [3.8, 4) is 5.75 Å². The highest BCUT2D eigenvalue weighted by Gasteiger charge is 2.27. The number of nitrogens with zero attached hydrogens (tertiary/aromatic N) is 4. The maximum atomic E-state index is 13.5. The van der Waals surface area contributed by atoms with Gasteiger partial charge in [-0.25, -0.2) is 14.5 Å². The number of nitro groups is 2. The fourth-order valence-corrected chi connectivity index (χ4v) is 3.68. The van der Waals surface area contributed by atoms with Crippen LogP contribution in [0.25, 0.3) is 0 Å². The number of rotatable bonds is 8. The van der Waals surface area contributed by atoms with Crippen molar-refractivity contribution >= 4 is 30.7 Å². The third kappa shape index (κ3) is 5.26. The molecule has 0 atom stereocenters. The van der Waals surface area contributed by atoms with Crippen LogP contribution in [0.2, 0.25) is 0 Å². The van der Waals surface area contributed by atoms with Crippen LogP contribution in [0.5, 0.6) is 5.75 Å². The predicted molar refractivity (Wildman–Crippen MR) is 108 cm³/mol. The van der Waals surface area contributed by atoms with E-state index in [-0.39, 0.29) is 28.8 Å². The predicted octanol–water partition coefficient (Wildman–Crippen LogP) is 4.31. The van der Waals surface area contributed by atoms with Crippen molar-refractivity contribution in [2.24, 2.45) is 0 Å². The largest absolute Gasteiger partial charge is 0.446 e. The topological polar surface area (TPSA) is 162 Å². The van der Waals surface area contributed by atoms with Crippen molar-refractivity contribution in [1.82, 2.24) is 9.97 Å². The van der Waals surface area contributed by atoms with E-state index in [0.717, 1.165) is 18.0 Å². The summed E-state index contributed by atoms with van der Waals surface area (Å²) in [6.07, 6.45) is 2.01. The zero-order chi connectivity index (χ0) is 21.7. The first-order chi connectivity index (χ1) is 14.2. The van der Waals surface area contributed by atoms with Crippen molar-refractivity contribution in [3.63, 3.8) is 0 Å². The molecule has 0 bridgehead atoms. The minimum atomic E-state index is -3.94. The Morgan fingerprint density at radius 3 is 1.67 bits per heavy atom. The first kappa shape index (κ1) is 20.7. The molecule has 0 aliphatic heterocycles. The van der Waals surface area contributed by atoms with Gasteiger partial charge in [-0.05, 0) is 31.2 Å². The third-order valence-corrected chi connectivity index (χ3v) is 5.21. The summed E-state index contributed by atoms with van der Waals surface area (Å²) in [5.74, 6) is 0.365. The Morgan fingerprint density at radius 1 is 0.833 bits per heavy atom. The van der Waals surface area contributed by atoms with Crippen LogP contribution < -0.4 is 14.7 Å². The zero-order valence-corrected chi connectivity index (χ0v) is 16.4. The molecule has 13 heteroatoms. The van der Waals surface area contributed by atoms with E-state index in [9.17, 15) is 24.8 Å². The maximum absolute atomic E-state index is 13.5. The van der Waals surface area contributed by atoms with Crippen LogP contribution in [-0.4, -0.2) is 19.8 Å². The average molecular weight is 430 g/mol. The lowest BCUT2D eigenvalue weighted by Crippen LogP contribution is -2.13. The second-order valence-electron chi connectivity index (χ2n) is 6.00. The molecule has 2 aromatic heterocycles. The summed E-state index contributed by atoms with van der Waals surface area (Å²) in [6, 6.07) is 11.7. The molecule has 0 saturated heterocycles. The second kappa shape index (κ2) is 8.53. The van der Waals surface area contributed by atoms with Gasteiger partial charge in [-0.3, -0.25) is 30.4 Å². The molecule has 0 unspecified atom stereocenters. The Bertz CT molecular complexity index is 1040. The average Bonchev–Trinajstić information content (AvgIpc) is 2.70. The van der Waals surface area contributed by atoms with Gasteiger partial charge in [0, 0.05) is 12.1 Å². The SMILES string of the molecule is Cc1ccc(OP(=O)(Nc2ccc([N+](=O)[O-])cn2)Nc2ccc([N+](=O)[O-])cn2)cc1. The molecule has 3 aromatic rings. The van der Waals surface area contributed by atoms with E-state index in [4.69, 9.17) is 4.52 Å². The Balaban J connectivity index is 1.88. The van der Waals surface area contributed by atoms with Crippen molar-refractivity contribution in [2.45, 2.75) is 6.92 Å². The molecule has 3 rings (SSSR count). The first-order valence-corrected chi connectivity index (χ1v) is 10.0. The lowest BCUT2D eigenvalue weighted by Gasteiger charge is -2.21. The number of hydrogen-bond donors (Lipinski definition) is 2. The summed E-state index contributed by atoms with van der Waals surface area (Å²) in [5.41, 5.74) is 0.492. The number of pyridine rings is 2. The summed E-state index contributed by atoms with van der Waals surface area (Å²) in [6.45, 7) is 1.88. The molecule has 0 aliphatic carbocycles. The van der Waals surface area contributed by atoms with Gasteiger partial charge in [0.1, 0.15) is 29.8 Å². The molecule has 154 valence electrons. The minimum absolute atomic E-state index is 0.0467. The van der Waals surface area contributed by atoms with E-state index in [0.29, 0.717) is 0 Å². The quantitative estimate of drug-likeness (QED) is 0.299. The monoisotopic (exact) mass is 430 g/mol. The Kier molecular flexibility index (Phi) is 5.88. The van der Waals surface area contributed by atoms with Crippen molar-refractivity contribution in [1.29, 1.82) is 0 Å². The summed E-state index contributed by atoms with van der Waals surface area (Å²) in [4.78, 5) is 28.1. The molecule has 0 radical (unpaired) electrons. The Labute approximate surface area is 169 Å². The van der Waals surface area contributed by atoms with Crippen LogP contribution in [0, 0.1) is 27.2 Å². The lowest BCUT2D eigenvalue weighted by molar-refractivity contribution is -0.385. The van der Waals surface area contributed by atoms with Gasteiger partial charge < -0.3 is 4.52 Å². The smallest absolute Gasteiger partial charge is 0.414 e. The van der Waals surface area contributed by atoms with Gasteiger partial charge in [-0.1, -0.05) is 17.7 Å². The summed E-state index contributed by atoms with van der Waals surface area (Å²) >= 11 is 0. The number of nitrogens with one attached hydrogen (secondary N) is 2. The van der Waals surface area contributed by atoms with Crippen molar-refractivity contribution in [3.05, 3.63) is 86.7 Å². The van der Waals surface area contributed by atoms with Gasteiger partial charge in [0.2, 0.25) is 0 Å². The fraction of sp³-hybridized carbons (Fsp3) is 0.0588. The van der Waals surface area contributed by atoms with E-state index < -0.39 is 17.5 Å². The highest BCUT2D eigenvalue weighted by atomic mass is 31.2. The van der Waals surface area contributed by atoms with Gasteiger partial charge in [0.05, 0.1) is 9.85 Å². The molecule has 0 spiro atoms.